The molecule has 0 bridgehead atoms. The Morgan fingerprint density at radius 3 is 2.25 bits per heavy atom. The fourth-order valence-electron chi connectivity index (χ4n) is 2.36. The third-order valence-electron chi connectivity index (χ3n) is 3.93. The molecule has 0 aliphatic heterocycles. The number of nitrogens with zero attached hydrogens (tertiary/aromatic N) is 1. The molecule has 0 atom stereocenters. The van der Waals surface area contributed by atoms with Crippen molar-refractivity contribution in [1.82, 2.24) is 0 Å². The predicted molar refractivity (Wildman–Crippen MR) is 107 cm³/mol. The summed E-state index contributed by atoms with van der Waals surface area (Å²) >= 11 is 0. The van der Waals surface area contributed by atoms with E-state index in [9.17, 15) is 18.5 Å². The Labute approximate surface area is 164 Å². The average molecular weight is 399 g/mol. The summed E-state index contributed by atoms with van der Waals surface area (Å²) in [4.78, 5) is 12.0. The first kappa shape index (κ1) is 21.2. The molecule has 1 amide bonds. The maximum atomic E-state index is 12.3. The number of nitrogens with one attached hydrogen (secondary N) is 2. The van der Waals surface area contributed by atoms with E-state index in [1.54, 1.807) is 12.1 Å². The van der Waals surface area contributed by atoms with E-state index in [1.165, 1.54) is 36.0 Å². The van der Waals surface area contributed by atoms with Gasteiger partial charge in [0.25, 0.3) is 16.0 Å². The molecule has 0 aliphatic carbocycles. The van der Waals surface area contributed by atoms with Crippen molar-refractivity contribution in [2.24, 2.45) is 0 Å². The Morgan fingerprint density at radius 2 is 1.71 bits per heavy atom. The molecule has 0 aliphatic rings. The van der Waals surface area contributed by atoms with Crippen LogP contribution in [0.4, 0.5) is 11.4 Å². The van der Waals surface area contributed by atoms with Crippen LogP contribution in [0.3, 0.4) is 0 Å². The molecule has 0 saturated carbocycles. The Hall–Kier alpha value is -3.15. The second-order valence-corrected chi connectivity index (χ2v) is 7.49. The van der Waals surface area contributed by atoms with Crippen molar-refractivity contribution < 1.29 is 17.8 Å². The highest BCUT2D eigenvalue weighted by Crippen LogP contribution is 2.15. The molecule has 2 rings (SSSR count). The van der Waals surface area contributed by atoms with E-state index >= 15 is 0 Å². The highest BCUT2D eigenvalue weighted by molar-refractivity contribution is 7.85. The topological polar surface area (TPSA) is 119 Å². The lowest BCUT2D eigenvalue weighted by molar-refractivity contribution is -0.112. The van der Waals surface area contributed by atoms with Crippen LogP contribution in [0.5, 0.6) is 0 Å². The van der Waals surface area contributed by atoms with Gasteiger partial charge >= 0.3 is 0 Å². The van der Waals surface area contributed by atoms with Crippen LogP contribution in [-0.4, -0.2) is 18.9 Å². The van der Waals surface area contributed by atoms with Crippen molar-refractivity contribution in [3.8, 4) is 6.07 Å². The molecule has 28 heavy (non-hydrogen) atoms. The van der Waals surface area contributed by atoms with E-state index in [-0.39, 0.29) is 10.5 Å². The van der Waals surface area contributed by atoms with E-state index in [0.29, 0.717) is 11.4 Å². The number of amides is 1. The summed E-state index contributed by atoms with van der Waals surface area (Å²) in [6, 6.07) is 14.5. The van der Waals surface area contributed by atoms with E-state index in [1.807, 2.05) is 18.2 Å². The van der Waals surface area contributed by atoms with Crippen LogP contribution in [0.1, 0.15) is 25.3 Å². The van der Waals surface area contributed by atoms with Crippen molar-refractivity contribution >= 4 is 27.4 Å². The molecule has 0 unspecified atom stereocenters. The summed E-state index contributed by atoms with van der Waals surface area (Å²) in [6.45, 7) is 2.13. The summed E-state index contributed by atoms with van der Waals surface area (Å²) in [5.74, 6) is -0.564. The highest BCUT2D eigenvalue weighted by Gasteiger charge is 2.10. The zero-order chi connectivity index (χ0) is 20.6. The van der Waals surface area contributed by atoms with Crippen molar-refractivity contribution in [2.75, 3.05) is 10.6 Å². The molecule has 146 valence electrons. The summed E-state index contributed by atoms with van der Waals surface area (Å²) in [5, 5.41) is 14.6. The monoisotopic (exact) mass is 399 g/mol. The lowest BCUT2D eigenvalue weighted by Crippen LogP contribution is -2.14. The normalized spacial score (nSPS) is 11.5. The molecular formula is C20H21N3O4S. The highest BCUT2D eigenvalue weighted by atomic mass is 32.2. The molecule has 0 saturated heterocycles. The molecule has 0 heterocycles. The van der Waals surface area contributed by atoms with Gasteiger partial charge in [-0.15, -0.1) is 0 Å². The Kier molecular flexibility index (Phi) is 7.32. The van der Waals surface area contributed by atoms with Crippen LogP contribution in [0.15, 0.2) is 65.2 Å². The molecule has 0 spiro atoms. The summed E-state index contributed by atoms with van der Waals surface area (Å²) < 4.78 is 31.0. The number of carbonyl (C=O) groups excluding carboxylic acids is 1. The fraction of sp³-hybridized carbons (Fsp3) is 0.200. The largest absolute Gasteiger partial charge is 0.360 e. The van der Waals surface area contributed by atoms with Gasteiger partial charge in [-0.2, -0.15) is 13.7 Å². The molecule has 7 nitrogen and oxygen atoms in total. The Bertz CT molecular complexity index is 989. The standard InChI is InChI=1S/C20H21N3O4S/c1-2-3-4-15-5-7-18(8-6-15)23-20(24)16(13-21)14-22-17-9-11-19(12-10-17)28(25,26)27/h5-12,14,22H,2-4H2,1H3,(H,23,24)(H,25,26,27)/b16-14-. The van der Waals surface area contributed by atoms with Crippen LogP contribution in [-0.2, 0) is 21.3 Å². The maximum Gasteiger partial charge on any atom is 0.294 e. The molecular weight excluding hydrogens is 378 g/mol. The summed E-state index contributed by atoms with van der Waals surface area (Å²) in [6.07, 6.45) is 4.42. The fourth-order valence-corrected chi connectivity index (χ4v) is 2.84. The van der Waals surface area contributed by atoms with E-state index in [0.717, 1.165) is 19.3 Å². The zero-order valence-electron chi connectivity index (χ0n) is 15.3. The zero-order valence-corrected chi connectivity index (χ0v) is 16.2. The number of benzene rings is 2. The number of nitriles is 1. The van der Waals surface area contributed by atoms with Crippen molar-refractivity contribution in [3.05, 3.63) is 65.9 Å². The molecule has 0 fully saturated rings. The summed E-state index contributed by atoms with van der Waals surface area (Å²) in [7, 11) is -4.27. The number of rotatable bonds is 8. The number of anilines is 2. The number of aryl methyl sites for hydroxylation is 1. The first-order valence-corrected chi connectivity index (χ1v) is 10.1. The van der Waals surface area contributed by atoms with Gasteiger partial charge in [-0.05, 0) is 54.8 Å². The molecule has 2 aromatic carbocycles. The Morgan fingerprint density at radius 1 is 1.11 bits per heavy atom. The molecule has 8 heteroatoms. The van der Waals surface area contributed by atoms with Gasteiger partial charge in [0.2, 0.25) is 0 Å². The van der Waals surface area contributed by atoms with Crippen molar-refractivity contribution in [1.29, 1.82) is 5.26 Å². The third kappa shape index (κ3) is 6.23. The minimum absolute atomic E-state index is 0.145. The predicted octanol–water partition coefficient (Wildman–Crippen LogP) is 3.73. The summed E-state index contributed by atoms with van der Waals surface area (Å²) in [5.41, 5.74) is 2.08. The van der Waals surface area contributed by atoms with Gasteiger partial charge in [0.15, 0.2) is 0 Å². The molecule has 3 N–H and O–H groups in total. The first-order chi connectivity index (χ1) is 13.3. The van der Waals surface area contributed by atoms with E-state index < -0.39 is 16.0 Å². The van der Waals surface area contributed by atoms with Crippen LogP contribution in [0.25, 0.3) is 0 Å². The van der Waals surface area contributed by atoms with Gasteiger partial charge in [0, 0.05) is 17.6 Å². The van der Waals surface area contributed by atoms with Gasteiger partial charge in [-0.1, -0.05) is 25.5 Å². The van der Waals surface area contributed by atoms with E-state index in [2.05, 4.69) is 17.6 Å². The van der Waals surface area contributed by atoms with Gasteiger partial charge in [-0.3, -0.25) is 9.35 Å². The van der Waals surface area contributed by atoms with Crippen molar-refractivity contribution in [2.45, 2.75) is 31.1 Å². The second kappa shape index (κ2) is 9.69. The van der Waals surface area contributed by atoms with Crippen LogP contribution >= 0.6 is 0 Å². The smallest absolute Gasteiger partial charge is 0.294 e. The van der Waals surface area contributed by atoms with Gasteiger partial charge in [-0.25, -0.2) is 0 Å². The molecule has 2 aromatic rings. The number of unbranched alkanes of at least 4 members (excludes halogenated alkanes) is 1. The van der Waals surface area contributed by atoms with Crippen LogP contribution in [0.2, 0.25) is 0 Å². The SMILES string of the molecule is CCCCc1ccc(NC(=O)/C(C#N)=C\Nc2ccc(S(=O)(=O)O)cc2)cc1. The lowest BCUT2D eigenvalue weighted by Gasteiger charge is -2.07. The number of hydrogen-bond donors (Lipinski definition) is 3. The minimum Gasteiger partial charge on any atom is -0.360 e. The minimum atomic E-state index is -4.27. The quantitative estimate of drug-likeness (QED) is 0.353. The number of hydrogen-bond acceptors (Lipinski definition) is 5. The van der Waals surface area contributed by atoms with E-state index in [4.69, 9.17) is 4.55 Å². The first-order valence-electron chi connectivity index (χ1n) is 8.68. The molecule has 0 radical (unpaired) electrons. The lowest BCUT2D eigenvalue weighted by atomic mass is 10.1. The third-order valence-corrected chi connectivity index (χ3v) is 4.80. The maximum absolute atomic E-state index is 12.3. The Balaban J connectivity index is 2.01. The second-order valence-electron chi connectivity index (χ2n) is 6.07. The van der Waals surface area contributed by atoms with Crippen LogP contribution in [0, 0.1) is 11.3 Å². The number of carbonyl (C=O) groups is 1. The van der Waals surface area contributed by atoms with Gasteiger partial charge in [0.1, 0.15) is 11.6 Å². The van der Waals surface area contributed by atoms with Crippen molar-refractivity contribution in [3.63, 3.8) is 0 Å². The average Bonchev–Trinajstić information content (AvgIpc) is 2.67. The molecule has 0 aromatic heterocycles. The van der Waals surface area contributed by atoms with Gasteiger partial charge < -0.3 is 10.6 Å². The van der Waals surface area contributed by atoms with Gasteiger partial charge in [0.05, 0.1) is 4.90 Å². The van der Waals surface area contributed by atoms with Crippen LogP contribution < -0.4 is 10.6 Å².